The Kier molecular flexibility index (Phi) is 4.57. The second kappa shape index (κ2) is 6.06. The number of carboxylic acids is 1. The minimum Gasteiger partial charge on any atom is -0.481 e. The number of thioether (sulfide) groups is 1. The zero-order valence-corrected chi connectivity index (χ0v) is 12.5. The van der Waals surface area contributed by atoms with Crippen LogP contribution in [-0.2, 0) is 11.0 Å². The van der Waals surface area contributed by atoms with Crippen molar-refractivity contribution in [1.82, 2.24) is 14.8 Å². The number of halogens is 4. The second-order valence-corrected chi connectivity index (χ2v) is 5.63. The van der Waals surface area contributed by atoms with Crippen molar-refractivity contribution in [1.29, 1.82) is 0 Å². The van der Waals surface area contributed by atoms with Crippen LogP contribution in [0.15, 0.2) is 34.2 Å². The third-order valence-electron chi connectivity index (χ3n) is 2.37. The molecule has 5 nitrogen and oxygen atoms in total. The molecule has 112 valence electrons. The molecule has 1 heterocycles. The van der Waals surface area contributed by atoms with Crippen LogP contribution in [0.2, 0.25) is 0 Å². The number of aliphatic carboxylic acids is 1. The summed E-state index contributed by atoms with van der Waals surface area (Å²) in [6.45, 7) is 0. The van der Waals surface area contributed by atoms with Crippen molar-refractivity contribution in [2.24, 2.45) is 0 Å². The second-order valence-electron chi connectivity index (χ2n) is 3.83. The Morgan fingerprint density at radius 3 is 2.76 bits per heavy atom. The van der Waals surface area contributed by atoms with Gasteiger partial charge in [0, 0.05) is 4.47 Å². The molecule has 0 fully saturated rings. The Morgan fingerprint density at radius 1 is 1.43 bits per heavy atom. The number of alkyl halides is 3. The van der Waals surface area contributed by atoms with E-state index in [4.69, 9.17) is 5.11 Å². The molecule has 21 heavy (non-hydrogen) atoms. The first-order chi connectivity index (χ1) is 9.79. The highest BCUT2D eigenvalue weighted by Gasteiger charge is 2.31. The normalized spacial score (nSPS) is 11.6. The summed E-state index contributed by atoms with van der Waals surface area (Å²) >= 11 is 4.03. The van der Waals surface area contributed by atoms with Gasteiger partial charge < -0.3 is 5.11 Å². The Morgan fingerprint density at radius 2 is 2.14 bits per heavy atom. The van der Waals surface area contributed by atoms with Crippen molar-refractivity contribution in [3.63, 3.8) is 0 Å². The van der Waals surface area contributed by atoms with E-state index in [0.717, 1.165) is 23.9 Å². The van der Waals surface area contributed by atoms with Crippen molar-refractivity contribution in [3.05, 3.63) is 34.6 Å². The molecule has 0 spiro atoms. The summed E-state index contributed by atoms with van der Waals surface area (Å²) in [4.78, 5) is 10.6. The number of hydrogen-bond donors (Lipinski definition) is 1. The number of carbonyl (C=O) groups is 1. The highest BCUT2D eigenvalue weighted by Crippen LogP contribution is 2.34. The fourth-order valence-corrected chi connectivity index (χ4v) is 2.57. The molecule has 2 aromatic rings. The van der Waals surface area contributed by atoms with Gasteiger partial charge in [-0.2, -0.15) is 13.2 Å². The van der Waals surface area contributed by atoms with Crippen LogP contribution >= 0.6 is 27.7 Å². The molecule has 1 N–H and O–H groups in total. The predicted molar refractivity (Wildman–Crippen MR) is 72.4 cm³/mol. The standard InChI is InChI=1S/C11H7BrF3N3O2S/c12-7-2-1-6(11(13,14)15)3-8(7)18-5-16-17-10(18)21-4-9(19)20/h1-3,5H,4H2,(H,19,20). The Balaban J connectivity index is 2.42. The van der Waals surface area contributed by atoms with Gasteiger partial charge in [0.05, 0.1) is 17.0 Å². The highest BCUT2D eigenvalue weighted by molar-refractivity contribution is 9.10. The van der Waals surface area contributed by atoms with E-state index >= 15 is 0 Å². The van der Waals surface area contributed by atoms with Gasteiger partial charge >= 0.3 is 12.1 Å². The number of rotatable bonds is 4. The largest absolute Gasteiger partial charge is 0.481 e. The van der Waals surface area contributed by atoms with Crippen LogP contribution in [0.4, 0.5) is 13.2 Å². The average molecular weight is 382 g/mol. The lowest BCUT2D eigenvalue weighted by Gasteiger charge is -2.12. The van der Waals surface area contributed by atoms with Gasteiger partial charge in [-0.3, -0.25) is 9.36 Å². The maximum atomic E-state index is 12.8. The van der Waals surface area contributed by atoms with Gasteiger partial charge in [0.15, 0.2) is 5.16 Å². The van der Waals surface area contributed by atoms with E-state index < -0.39 is 17.7 Å². The zero-order valence-electron chi connectivity index (χ0n) is 10.1. The predicted octanol–water partition coefficient (Wildman–Crippen LogP) is 3.23. The minimum absolute atomic E-state index is 0.183. The van der Waals surface area contributed by atoms with Crippen molar-refractivity contribution >= 4 is 33.7 Å². The lowest BCUT2D eigenvalue weighted by atomic mass is 10.2. The molecule has 0 aliphatic rings. The van der Waals surface area contributed by atoms with Crippen LogP contribution in [-0.4, -0.2) is 31.6 Å². The number of aromatic nitrogens is 3. The minimum atomic E-state index is -4.47. The van der Waals surface area contributed by atoms with Gasteiger partial charge in [0.1, 0.15) is 6.33 Å². The van der Waals surface area contributed by atoms with E-state index in [0.29, 0.717) is 4.47 Å². The van der Waals surface area contributed by atoms with E-state index in [9.17, 15) is 18.0 Å². The van der Waals surface area contributed by atoms with E-state index in [1.54, 1.807) is 0 Å². The quantitative estimate of drug-likeness (QED) is 0.823. The molecular formula is C11H7BrF3N3O2S. The molecule has 1 aromatic heterocycles. The fraction of sp³-hybridized carbons (Fsp3) is 0.182. The van der Waals surface area contributed by atoms with Gasteiger partial charge in [-0.15, -0.1) is 10.2 Å². The van der Waals surface area contributed by atoms with Crippen molar-refractivity contribution < 1.29 is 23.1 Å². The maximum Gasteiger partial charge on any atom is 0.416 e. The summed E-state index contributed by atoms with van der Waals surface area (Å²) in [7, 11) is 0. The SMILES string of the molecule is O=C(O)CSc1nncn1-c1cc(C(F)(F)F)ccc1Br. The van der Waals surface area contributed by atoms with E-state index in [2.05, 4.69) is 26.1 Å². The number of nitrogens with zero attached hydrogens (tertiary/aromatic N) is 3. The molecule has 0 saturated carbocycles. The molecule has 0 atom stereocenters. The Hall–Kier alpha value is -1.55. The van der Waals surface area contributed by atoms with Crippen LogP contribution in [0, 0.1) is 0 Å². The number of hydrogen-bond acceptors (Lipinski definition) is 4. The molecule has 1 aromatic carbocycles. The first-order valence-electron chi connectivity index (χ1n) is 5.41. The summed E-state index contributed by atoms with van der Waals surface area (Å²) in [6, 6.07) is 3.16. The Bertz CT molecular complexity index is 675. The molecule has 0 aliphatic carbocycles. The molecule has 0 radical (unpaired) electrons. The smallest absolute Gasteiger partial charge is 0.416 e. The van der Waals surface area contributed by atoms with Gasteiger partial charge in [-0.05, 0) is 34.1 Å². The summed E-state index contributed by atoms with van der Waals surface area (Å²) < 4.78 is 40.0. The summed E-state index contributed by atoms with van der Waals surface area (Å²) in [5.41, 5.74) is -0.633. The van der Waals surface area contributed by atoms with Crippen LogP contribution in [0.3, 0.4) is 0 Å². The van der Waals surface area contributed by atoms with E-state index in [1.165, 1.54) is 17.0 Å². The third-order valence-corrected chi connectivity index (χ3v) is 3.97. The molecule has 10 heteroatoms. The van der Waals surface area contributed by atoms with E-state index in [-0.39, 0.29) is 16.6 Å². The lowest BCUT2D eigenvalue weighted by molar-refractivity contribution is -0.137. The van der Waals surface area contributed by atoms with Crippen molar-refractivity contribution in [2.45, 2.75) is 11.3 Å². The van der Waals surface area contributed by atoms with Gasteiger partial charge in [0.25, 0.3) is 0 Å². The first kappa shape index (κ1) is 15.8. The summed E-state index contributed by atoms with van der Waals surface area (Å²) in [5, 5.41) is 16.1. The fourth-order valence-electron chi connectivity index (χ4n) is 1.49. The van der Waals surface area contributed by atoms with Gasteiger partial charge in [-0.25, -0.2) is 0 Å². The molecule has 0 unspecified atom stereocenters. The van der Waals surface area contributed by atoms with Crippen LogP contribution in [0.5, 0.6) is 0 Å². The molecule has 0 amide bonds. The van der Waals surface area contributed by atoms with Crippen molar-refractivity contribution in [2.75, 3.05) is 5.75 Å². The van der Waals surface area contributed by atoms with Gasteiger partial charge in [0.2, 0.25) is 0 Å². The number of carboxylic acid groups (broad SMARTS) is 1. The average Bonchev–Trinajstić information content (AvgIpc) is 2.83. The molecule has 0 bridgehead atoms. The first-order valence-corrected chi connectivity index (χ1v) is 7.18. The van der Waals surface area contributed by atoms with Gasteiger partial charge in [-0.1, -0.05) is 11.8 Å². The maximum absolute atomic E-state index is 12.8. The highest BCUT2D eigenvalue weighted by atomic mass is 79.9. The summed E-state index contributed by atoms with van der Waals surface area (Å²) in [6.07, 6.45) is -3.25. The number of benzene rings is 1. The monoisotopic (exact) mass is 381 g/mol. The molecule has 0 aliphatic heterocycles. The molecule has 2 rings (SSSR count). The van der Waals surface area contributed by atoms with Crippen LogP contribution in [0.1, 0.15) is 5.56 Å². The zero-order chi connectivity index (χ0) is 15.6. The van der Waals surface area contributed by atoms with Crippen LogP contribution < -0.4 is 0 Å². The van der Waals surface area contributed by atoms with Crippen molar-refractivity contribution in [3.8, 4) is 5.69 Å². The molecule has 0 saturated heterocycles. The van der Waals surface area contributed by atoms with E-state index in [1.807, 2.05) is 0 Å². The topological polar surface area (TPSA) is 68.0 Å². The Labute approximate surface area is 129 Å². The molecular weight excluding hydrogens is 375 g/mol. The third kappa shape index (κ3) is 3.76. The van der Waals surface area contributed by atoms with Crippen LogP contribution in [0.25, 0.3) is 5.69 Å². The lowest BCUT2D eigenvalue weighted by Crippen LogP contribution is -2.07. The summed E-state index contributed by atoms with van der Waals surface area (Å²) in [5.74, 6) is -1.33.